The van der Waals surface area contributed by atoms with Gasteiger partial charge in [-0.1, -0.05) is 20.8 Å². The molecule has 28 heavy (non-hydrogen) atoms. The predicted molar refractivity (Wildman–Crippen MR) is 111 cm³/mol. The average Bonchev–Trinajstić information content (AvgIpc) is 3.13. The van der Waals surface area contributed by atoms with Gasteiger partial charge in [-0.2, -0.15) is 0 Å². The van der Waals surface area contributed by atoms with Gasteiger partial charge < -0.3 is 24.1 Å². The number of hydrogen-bond acceptors (Lipinski definition) is 5. The molecule has 0 unspecified atom stereocenters. The van der Waals surface area contributed by atoms with Gasteiger partial charge in [-0.3, -0.25) is 4.99 Å². The molecule has 0 aliphatic carbocycles. The normalized spacial score (nSPS) is 12.1. The van der Waals surface area contributed by atoms with Gasteiger partial charge in [0.15, 0.2) is 17.5 Å². The van der Waals surface area contributed by atoms with Gasteiger partial charge in [-0.25, -0.2) is 4.98 Å². The van der Waals surface area contributed by atoms with Crippen LogP contribution in [0.1, 0.15) is 43.5 Å². The van der Waals surface area contributed by atoms with Gasteiger partial charge in [0, 0.05) is 26.1 Å². The van der Waals surface area contributed by atoms with E-state index in [0.717, 1.165) is 28.6 Å². The first-order chi connectivity index (χ1) is 13.2. The van der Waals surface area contributed by atoms with E-state index in [-0.39, 0.29) is 5.41 Å². The van der Waals surface area contributed by atoms with Gasteiger partial charge >= 0.3 is 0 Å². The van der Waals surface area contributed by atoms with Crippen molar-refractivity contribution >= 4 is 5.96 Å². The highest BCUT2D eigenvalue weighted by Crippen LogP contribution is 2.30. The van der Waals surface area contributed by atoms with Crippen LogP contribution < -0.4 is 14.8 Å². The van der Waals surface area contributed by atoms with Gasteiger partial charge in [0.2, 0.25) is 5.89 Å². The first-order valence-electron chi connectivity index (χ1n) is 9.28. The van der Waals surface area contributed by atoms with Crippen LogP contribution in [0.5, 0.6) is 11.5 Å². The first-order valence-corrected chi connectivity index (χ1v) is 9.28. The third-order valence-electron chi connectivity index (χ3n) is 4.51. The zero-order chi connectivity index (χ0) is 20.9. The molecule has 0 saturated carbocycles. The molecular weight excluding hydrogens is 356 g/mol. The Labute approximate surface area is 167 Å². The number of ether oxygens (including phenoxy) is 2. The minimum Gasteiger partial charge on any atom is -0.493 e. The van der Waals surface area contributed by atoms with E-state index in [1.54, 1.807) is 27.5 Å². The summed E-state index contributed by atoms with van der Waals surface area (Å²) in [5.74, 6) is 3.71. The number of nitrogens with zero attached hydrogens (tertiary/aromatic N) is 3. The molecule has 2 rings (SSSR count). The van der Waals surface area contributed by atoms with Crippen molar-refractivity contribution in [2.45, 2.75) is 46.2 Å². The van der Waals surface area contributed by atoms with E-state index in [1.807, 2.05) is 24.1 Å². The quantitative estimate of drug-likeness (QED) is 0.603. The number of benzene rings is 1. The molecule has 0 radical (unpaired) electrons. The Morgan fingerprint density at radius 1 is 1.21 bits per heavy atom. The van der Waals surface area contributed by atoms with E-state index in [0.29, 0.717) is 24.7 Å². The number of aromatic nitrogens is 1. The van der Waals surface area contributed by atoms with Crippen LogP contribution in [0, 0.1) is 6.92 Å². The molecule has 0 fully saturated rings. The summed E-state index contributed by atoms with van der Waals surface area (Å²) in [6.45, 7) is 9.50. The van der Waals surface area contributed by atoms with Crippen LogP contribution >= 0.6 is 0 Å². The van der Waals surface area contributed by atoms with E-state index in [4.69, 9.17) is 13.9 Å². The second kappa shape index (κ2) is 8.99. The Morgan fingerprint density at radius 3 is 2.39 bits per heavy atom. The second-order valence-electron chi connectivity index (χ2n) is 7.76. The van der Waals surface area contributed by atoms with E-state index >= 15 is 0 Å². The van der Waals surface area contributed by atoms with E-state index in [2.05, 4.69) is 43.0 Å². The number of oxazole rings is 1. The number of aliphatic imine (C=N–C) groups is 1. The Hall–Kier alpha value is -2.70. The third-order valence-corrected chi connectivity index (χ3v) is 4.51. The number of rotatable bonds is 6. The number of aryl methyl sites for hydroxylation is 1. The first kappa shape index (κ1) is 21.6. The highest BCUT2D eigenvalue weighted by Gasteiger charge is 2.19. The molecule has 0 atom stereocenters. The number of nitrogens with one attached hydrogen (secondary N) is 1. The minimum absolute atomic E-state index is 0.0608. The monoisotopic (exact) mass is 388 g/mol. The van der Waals surface area contributed by atoms with Gasteiger partial charge in [0.1, 0.15) is 5.76 Å². The van der Waals surface area contributed by atoms with Crippen molar-refractivity contribution in [2.24, 2.45) is 4.99 Å². The molecule has 7 nitrogen and oxygen atoms in total. The Bertz CT molecular complexity index is 822. The fourth-order valence-corrected chi connectivity index (χ4v) is 2.80. The lowest BCUT2D eigenvalue weighted by Crippen LogP contribution is -2.38. The Balaban J connectivity index is 2.06. The molecule has 2 aromatic rings. The summed E-state index contributed by atoms with van der Waals surface area (Å²) in [5, 5.41) is 3.30. The highest BCUT2D eigenvalue weighted by molar-refractivity contribution is 5.79. The molecule has 0 bridgehead atoms. The fourth-order valence-electron chi connectivity index (χ4n) is 2.80. The number of methoxy groups -OCH3 is 2. The Morgan fingerprint density at radius 2 is 1.86 bits per heavy atom. The van der Waals surface area contributed by atoms with E-state index in [9.17, 15) is 0 Å². The molecule has 0 aliphatic rings. The maximum Gasteiger partial charge on any atom is 0.213 e. The standard InChI is InChI=1S/C21H32N4O3/c1-14-9-16(26-7)17(27-8)10-15(14)13-25(6)20(22-5)24-12-19-23-11-18(28-19)21(2,3)4/h9-11H,12-13H2,1-8H3,(H,22,24). The van der Waals surface area contributed by atoms with Crippen LogP contribution in [0.25, 0.3) is 0 Å². The largest absolute Gasteiger partial charge is 0.493 e. The topological polar surface area (TPSA) is 72.1 Å². The molecular formula is C21H32N4O3. The Kier molecular flexibility index (Phi) is 6.94. The minimum atomic E-state index is -0.0608. The number of hydrogen-bond donors (Lipinski definition) is 1. The van der Waals surface area contributed by atoms with Crippen LogP contribution in [0.4, 0.5) is 0 Å². The molecule has 7 heteroatoms. The summed E-state index contributed by atoms with van der Waals surface area (Å²) in [6.07, 6.45) is 1.79. The molecule has 1 aromatic heterocycles. The summed E-state index contributed by atoms with van der Waals surface area (Å²) < 4.78 is 16.6. The molecule has 1 N–H and O–H groups in total. The van der Waals surface area contributed by atoms with Crippen molar-refractivity contribution in [3.05, 3.63) is 41.1 Å². The zero-order valence-corrected chi connectivity index (χ0v) is 18.2. The van der Waals surface area contributed by atoms with Crippen LogP contribution in [-0.2, 0) is 18.5 Å². The maximum absolute atomic E-state index is 5.84. The maximum atomic E-state index is 5.84. The predicted octanol–water partition coefficient (Wildman–Crippen LogP) is 3.51. The van der Waals surface area contributed by atoms with Crippen LogP contribution in [0.15, 0.2) is 27.7 Å². The summed E-state index contributed by atoms with van der Waals surface area (Å²) in [4.78, 5) is 10.8. The lowest BCUT2D eigenvalue weighted by Gasteiger charge is -2.23. The van der Waals surface area contributed by atoms with Crippen molar-refractivity contribution in [2.75, 3.05) is 28.3 Å². The SMILES string of the molecule is CN=C(NCc1ncc(C(C)(C)C)o1)N(C)Cc1cc(OC)c(OC)cc1C. The third kappa shape index (κ3) is 5.18. The average molecular weight is 389 g/mol. The smallest absolute Gasteiger partial charge is 0.213 e. The summed E-state index contributed by atoms with van der Waals surface area (Å²) in [6, 6.07) is 3.99. The lowest BCUT2D eigenvalue weighted by molar-refractivity contribution is 0.353. The van der Waals surface area contributed by atoms with Crippen LogP contribution in [0.2, 0.25) is 0 Å². The second-order valence-corrected chi connectivity index (χ2v) is 7.76. The summed E-state index contributed by atoms with van der Waals surface area (Å²) in [7, 11) is 7.03. The van der Waals surface area contributed by atoms with Gasteiger partial charge in [-0.15, -0.1) is 0 Å². The van der Waals surface area contributed by atoms with Crippen molar-refractivity contribution in [3.8, 4) is 11.5 Å². The molecule has 0 saturated heterocycles. The van der Waals surface area contributed by atoms with Gasteiger partial charge in [-0.05, 0) is 30.2 Å². The van der Waals surface area contributed by atoms with Crippen molar-refractivity contribution in [1.82, 2.24) is 15.2 Å². The summed E-state index contributed by atoms with van der Waals surface area (Å²) >= 11 is 0. The highest BCUT2D eigenvalue weighted by atomic mass is 16.5. The van der Waals surface area contributed by atoms with E-state index in [1.165, 1.54) is 0 Å². The lowest BCUT2D eigenvalue weighted by atomic mass is 9.94. The number of guanidine groups is 1. The van der Waals surface area contributed by atoms with Crippen molar-refractivity contribution in [1.29, 1.82) is 0 Å². The molecule has 154 valence electrons. The zero-order valence-electron chi connectivity index (χ0n) is 18.2. The van der Waals surface area contributed by atoms with Crippen LogP contribution in [-0.4, -0.2) is 44.2 Å². The van der Waals surface area contributed by atoms with Gasteiger partial charge in [0.25, 0.3) is 0 Å². The fraction of sp³-hybridized carbons (Fsp3) is 0.524. The molecule has 1 heterocycles. The molecule has 0 aliphatic heterocycles. The molecule has 0 amide bonds. The van der Waals surface area contributed by atoms with Crippen LogP contribution in [0.3, 0.4) is 0 Å². The summed E-state index contributed by atoms with van der Waals surface area (Å²) in [5.41, 5.74) is 2.20. The molecule has 0 spiro atoms. The molecule has 1 aromatic carbocycles. The van der Waals surface area contributed by atoms with Crippen molar-refractivity contribution in [3.63, 3.8) is 0 Å². The van der Waals surface area contributed by atoms with E-state index < -0.39 is 0 Å². The van der Waals surface area contributed by atoms with Crippen molar-refractivity contribution < 1.29 is 13.9 Å². The van der Waals surface area contributed by atoms with Gasteiger partial charge in [0.05, 0.1) is 27.0 Å².